The van der Waals surface area contributed by atoms with Crippen LogP contribution in [0.2, 0.25) is 0 Å². The van der Waals surface area contributed by atoms with Crippen LogP contribution in [0.5, 0.6) is 0 Å². The molecule has 0 saturated heterocycles. The topological polar surface area (TPSA) is 43.1 Å². The molecule has 1 aliphatic rings. The Hall–Kier alpha value is -1.03. The predicted octanol–water partition coefficient (Wildman–Crippen LogP) is 4.03. The van der Waals surface area contributed by atoms with Crippen molar-refractivity contribution in [3.63, 3.8) is 0 Å². The van der Waals surface area contributed by atoms with Crippen LogP contribution in [-0.4, -0.2) is 11.0 Å². The van der Waals surface area contributed by atoms with Gasteiger partial charge >= 0.3 is 0 Å². The maximum Gasteiger partial charge on any atom is 0.274 e. The van der Waals surface area contributed by atoms with Crippen LogP contribution in [0.4, 0.5) is 0 Å². The van der Waals surface area contributed by atoms with E-state index in [1.165, 1.54) is 12.2 Å². The van der Waals surface area contributed by atoms with Crippen LogP contribution in [0, 0.1) is 10.1 Å². The first kappa shape index (κ1) is 13.4. The second kappa shape index (κ2) is 4.92. The van der Waals surface area contributed by atoms with Crippen LogP contribution in [0.3, 0.4) is 0 Å². The average Bonchev–Trinajstić information content (AvgIpc) is 2.28. The fourth-order valence-corrected chi connectivity index (χ4v) is 3.19. The summed E-state index contributed by atoms with van der Waals surface area (Å²) in [6.45, 7) is 0. The van der Waals surface area contributed by atoms with Crippen molar-refractivity contribution in [3.05, 3.63) is 68.2 Å². The van der Waals surface area contributed by atoms with Gasteiger partial charge in [-0.2, -0.15) is 0 Å². The Bertz CT molecular complexity index is 542. The van der Waals surface area contributed by atoms with Gasteiger partial charge in [0.15, 0.2) is 4.87 Å². The third-order valence-corrected chi connectivity index (χ3v) is 3.78. The molecule has 0 spiro atoms. The Labute approximate surface area is 119 Å². The van der Waals surface area contributed by atoms with E-state index in [0.717, 1.165) is 0 Å². The predicted molar refractivity (Wildman–Crippen MR) is 72.6 cm³/mol. The summed E-state index contributed by atoms with van der Waals surface area (Å²) in [7, 11) is 0. The molecular weight excluding hydrogens is 296 g/mol. The van der Waals surface area contributed by atoms with Gasteiger partial charge in [0.2, 0.25) is 0 Å². The van der Waals surface area contributed by atoms with E-state index in [4.69, 9.17) is 34.8 Å². The highest BCUT2D eigenvalue weighted by molar-refractivity contribution is 6.38. The minimum absolute atomic E-state index is 0.0198. The summed E-state index contributed by atoms with van der Waals surface area (Å²) in [4.78, 5) is 9.32. The van der Waals surface area contributed by atoms with Crippen molar-refractivity contribution in [1.29, 1.82) is 0 Å². The van der Waals surface area contributed by atoms with Crippen LogP contribution in [0.25, 0.3) is 0 Å². The van der Waals surface area contributed by atoms with Gasteiger partial charge in [-0.15, -0.1) is 11.6 Å². The fourth-order valence-electron chi connectivity index (χ4n) is 1.92. The van der Waals surface area contributed by atoms with Gasteiger partial charge in [0.25, 0.3) is 6.04 Å². The lowest BCUT2D eigenvalue weighted by Gasteiger charge is -2.29. The summed E-state index contributed by atoms with van der Waals surface area (Å²) in [5, 5.41) is 11.5. The Morgan fingerprint density at radius 3 is 2.39 bits per heavy atom. The number of hydrogen-bond donors (Lipinski definition) is 0. The van der Waals surface area contributed by atoms with Gasteiger partial charge in [0.05, 0.1) is 5.03 Å². The Morgan fingerprint density at radius 1 is 1.22 bits per heavy atom. The first-order valence-corrected chi connectivity index (χ1v) is 6.22. The number of halogens is 3. The summed E-state index contributed by atoms with van der Waals surface area (Å²) >= 11 is 18.2. The maximum absolute atomic E-state index is 11.2. The molecule has 2 atom stereocenters. The summed E-state index contributed by atoms with van der Waals surface area (Å²) in [5.74, 6) is 0. The molecule has 2 unspecified atom stereocenters. The maximum atomic E-state index is 11.2. The molecule has 0 fully saturated rings. The van der Waals surface area contributed by atoms with Crippen molar-refractivity contribution >= 4 is 34.8 Å². The molecule has 0 bridgehead atoms. The molecule has 6 heteroatoms. The van der Waals surface area contributed by atoms with Crippen molar-refractivity contribution in [1.82, 2.24) is 0 Å². The summed E-state index contributed by atoms with van der Waals surface area (Å²) in [6, 6.07) is 7.48. The molecule has 3 nitrogen and oxygen atoms in total. The molecule has 1 aliphatic carbocycles. The van der Waals surface area contributed by atoms with E-state index >= 15 is 0 Å². The Morgan fingerprint density at radius 2 is 1.83 bits per heavy atom. The molecule has 2 rings (SSSR count). The molecule has 0 heterocycles. The number of nitrogens with zero attached hydrogens (tertiary/aromatic N) is 1. The minimum atomic E-state index is -1.37. The minimum Gasteiger partial charge on any atom is -0.264 e. The van der Waals surface area contributed by atoms with Gasteiger partial charge in [-0.3, -0.25) is 10.1 Å². The van der Waals surface area contributed by atoms with E-state index in [1.54, 1.807) is 30.3 Å². The highest BCUT2D eigenvalue weighted by Crippen LogP contribution is 2.44. The monoisotopic (exact) mass is 303 g/mol. The molecular formula is C12H8Cl3NO2. The molecule has 0 radical (unpaired) electrons. The average molecular weight is 305 g/mol. The fraction of sp³-hybridized carbons (Fsp3) is 0.167. The summed E-state index contributed by atoms with van der Waals surface area (Å²) < 4.78 is 0. The molecule has 18 heavy (non-hydrogen) atoms. The van der Waals surface area contributed by atoms with E-state index in [-0.39, 0.29) is 10.1 Å². The highest BCUT2D eigenvalue weighted by Gasteiger charge is 2.49. The molecule has 0 amide bonds. The quantitative estimate of drug-likeness (QED) is 0.470. The van der Waals surface area contributed by atoms with E-state index in [0.29, 0.717) is 5.56 Å². The molecule has 0 N–H and O–H groups in total. The van der Waals surface area contributed by atoms with E-state index in [9.17, 15) is 10.1 Å². The number of benzene rings is 1. The van der Waals surface area contributed by atoms with Crippen LogP contribution < -0.4 is 0 Å². The van der Waals surface area contributed by atoms with E-state index < -0.39 is 15.8 Å². The molecule has 0 aliphatic heterocycles. The molecule has 1 aromatic carbocycles. The van der Waals surface area contributed by atoms with E-state index in [2.05, 4.69) is 0 Å². The largest absolute Gasteiger partial charge is 0.274 e. The van der Waals surface area contributed by atoms with Crippen molar-refractivity contribution in [2.45, 2.75) is 10.9 Å². The Balaban J connectivity index is 2.59. The smallest absolute Gasteiger partial charge is 0.264 e. The second-order valence-corrected chi connectivity index (χ2v) is 5.38. The molecule has 0 aromatic heterocycles. The van der Waals surface area contributed by atoms with Crippen molar-refractivity contribution in [3.8, 4) is 0 Å². The SMILES string of the molecule is O=[N+]([O-])C1C(Cl)=CC(Cl)=CC1(Cl)c1ccccc1. The van der Waals surface area contributed by atoms with Gasteiger partial charge in [0.1, 0.15) is 0 Å². The van der Waals surface area contributed by atoms with Gasteiger partial charge in [-0.1, -0.05) is 53.5 Å². The lowest BCUT2D eigenvalue weighted by atomic mass is 9.87. The Kier molecular flexibility index (Phi) is 3.66. The third kappa shape index (κ3) is 2.26. The van der Waals surface area contributed by atoms with Crippen molar-refractivity contribution in [2.75, 3.05) is 0 Å². The standard InChI is InChI=1S/C12H8Cl3NO2/c13-9-6-10(14)11(16(17)18)12(15,7-9)8-4-2-1-3-5-8/h1-7,11H. The number of nitro groups is 1. The molecule has 1 aromatic rings. The van der Waals surface area contributed by atoms with Gasteiger partial charge in [0, 0.05) is 9.96 Å². The zero-order valence-corrected chi connectivity index (χ0v) is 11.3. The molecule has 0 saturated carbocycles. The zero-order valence-electron chi connectivity index (χ0n) is 9.02. The van der Waals surface area contributed by atoms with Gasteiger partial charge in [-0.25, -0.2) is 0 Å². The number of rotatable bonds is 2. The van der Waals surface area contributed by atoms with Gasteiger partial charge in [-0.05, 0) is 17.7 Å². The second-order valence-electron chi connectivity index (χ2n) is 3.88. The number of allylic oxidation sites excluding steroid dienone is 2. The number of hydrogen-bond acceptors (Lipinski definition) is 2. The van der Waals surface area contributed by atoms with Crippen LogP contribution >= 0.6 is 34.8 Å². The van der Waals surface area contributed by atoms with Crippen LogP contribution in [0.1, 0.15) is 5.56 Å². The van der Waals surface area contributed by atoms with Crippen LogP contribution in [0.15, 0.2) is 52.5 Å². The first-order chi connectivity index (χ1) is 8.45. The lowest BCUT2D eigenvalue weighted by Crippen LogP contribution is -2.40. The van der Waals surface area contributed by atoms with Crippen molar-refractivity contribution < 1.29 is 4.92 Å². The normalized spacial score (nSPS) is 27.4. The van der Waals surface area contributed by atoms with Crippen LogP contribution in [-0.2, 0) is 4.87 Å². The zero-order chi connectivity index (χ0) is 13.3. The summed E-state index contributed by atoms with van der Waals surface area (Å²) in [6.07, 6.45) is 2.80. The van der Waals surface area contributed by atoms with Crippen molar-refractivity contribution in [2.24, 2.45) is 0 Å². The van der Waals surface area contributed by atoms with E-state index in [1.807, 2.05) is 0 Å². The summed E-state index contributed by atoms with van der Waals surface area (Å²) in [5.41, 5.74) is 0.581. The molecule has 94 valence electrons. The first-order valence-electron chi connectivity index (χ1n) is 5.08. The lowest BCUT2D eigenvalue weighted by molar-refractivity contribution is -0.516. The third-order valence-electron chi connectivity index (χ3n) is 2.71. The number of alkyl halides is 1. The van der Waals surface area contributed by atoms with Gasteiger partial charge < -0.3 is 0 Å². The highest BCUT2D eigenvalue weighted by atomic mass is 35.5.